The van der Waals surface area contributed by atoms with E-state index in [0.717, 1.165) is 5.56 Å². The van der Waals surface area contributed by atoms with Crippen LogP contribution in [0, 0.1) is 0 Å². The monoisotopic (exact) mass is 330 g/mol. The fraction of sp³-hybridized carbons (Fsp3) is 0.385. The molecule has 0 atom stereocenters. The number of carbonyl (C=O) groups is 1. The molecule has 0 bridgehead atoms. The Kier molecular flexibility index (Phi) is 6.98. The smallest absolute Gasteiger partial charge is 0.335 e. The molecule has 8 heteroatoms. The van der Waals surface area contributed by atoms with Crippen molar-refractivity contribution in [3.05, 3.63) is 35.4 Å². The van der Waals surface area contributed by atoms with Gasteiger partial charge in [0.05, 0.1) is 19.4 Å². The van der Waals surface area contributed by atoms with Crippen molar-refractivity contribution in [2.75, 3.05) is 13.2 Å². The fourth-order valence-corrected chi connectivity index (χ4v) is 3.49. The van der Waals surface area contributed by atoms with Crippen LogP contribution in [0.3, 0.4) is 0 Å². The van der Waals surface area contributed by atoms with Gasteiger partial charge in [0.2, 0.25) is 0 Å². The van der Waals surface area contributed by atoms with Gasteiger partial charge in [-0.25, -0.2) is 0 Å². The quantitative estimate of drug-likeness (QED) is 0.589. The number of nitrogens with one attached hydrogen (secondary N) is 1. The first-order valence-corrected chi connectivity index (χ1v) is 8.61. The molecule has 6 nitrogen and oxygen atoms in total. The summed E-state index contributed by atoms with van der Waals surface area (Å²) in [5.74, 6) is -0.383. The third-order valence-electron chi connectivity index (χ3n) is 2.48. The lowest BCUT2D eigenvalue weighted by molar-refractivity contribution is 0.0977. The van der Waals surface area contributed by atoms with Gasteiger partial charge >= 0.3 is 7.60 Å². The third-order valence-corrected chi connectivity index (χ3v) is 4.64. The summed E-state index contributed by atoms with van der Waals surface area (Å²) >= 11 is 4.60. The van der Waals surface area contributed by atoms with Crippen molar-refractivity contribution >= 4 is 30.8 Å². The molecule has 1 aromatic rings. The standard InChI is InChI=1S/C13H19N2O4PS/c1-3-18-20(17,19-4-2)9-10-5-7-11(8-6-10)12(16)15-13(14)21/h5-8H,3-4,9H2,1-2H3,(H3,14,15,16,21). The van der Waals surface area contributed by atoms with E-state index in [2.05, 4.69) is 17.5 Å². The van der Waals surface area contributed by atoms with Crippen molar-refractivity contribution in [2.24, 2.45) is 5.73 Å². The number of hydrogen-bond donors (Lipinski definition) is 2. The highest BCUT2D eigenvalue weighted by Crippen LogP contribution is 2.51. The normalized spacial score (nSPS) is 11.1. The van der Waals surface area contributed by atoms with Crippen molar-refractivity contribution in [1.29, 1.82) is 0 Å². The Balaban J connectivity index is 2.80. The van der Waals surface area contributed by atoms with Crippen LogP contribution in [0.15, 0.2) is 24.3 Å². The molecule has 0 aliphatic rings. The Bertz CT molecular complexity index is 538. The Morgan fingerprint density at radius 2 is 1.76 bits per heavy atom. The number of nitrogens with two attached hydrogens (primary N) is 1. The Hall–Kier alpha value is -1.27. The fourth-order valence-electron chi connectivity index (χ4n) is 1.69. The first kappa shape index (κ1) is 17.8. The number of hydrogen-bond acceptors (Lipinski definition) is 5. The van der Waals surface area contributed by atoms with Gasteiger partial charge in [0.25, 0.3) is 5.91 Å². The van der Waals surface area contributed by atoms with Crippen molar-refractivity contribution in [1.82, 2.24) is 5.32 Å². The maximum absolute atomic E-state index is 12.4. The molecule has 0 unspecified atom stereocenters. The van der Waals surface area contributed by atoms with Crippen LogP contribution < -0.4 is 11.1 Å². The molecule has 0 saturated heterocycles. The van der Waals surface area contributed by atoms with Gasteiger partial charge in [-0.05, 0) is 43.8 Å². The van der Waals surface area contributed by atoms with E-state index in [0.29, 0.717) is 18.8 Å². The van der Waals surface area contributed by atoms with Crippen molar-refractivity contribution in [2.45, 2.75) is 20.0 Å². The molecular formula is C13H19N2O4PS. The zero-order valence-electron chi connectivity index (χ0n) is 12.0. The number of rotatable bonds is 7. The molecule has 0 aromatic heterocycles. The van der Waals surface area contributed by atoms with Crippen LogP contribution in [0.25, 0.3) is 0 Å². The molecule has 1 rings (SSSR count). The summed E-state index contributed by atoms with van der Waals surface area (Å²) < 4.78 is 22.8. The van der Waals surface area contributed by atoms with Gasteiger partial charge < -0.3 is 14.8 Å². The minimum atomic E-state index is -3.14. The zero-order valence-corrected chi connectivity index (χ0v) is 13.7. The van der Waals surface area contributed by atoms with E-state index in [1.54, 1.807) is 38.1 Å². The van der Waals surface area contributed by atoms with Crippen molar-refractivity contribution < 1.29 is 18.4 Å². The van der Waals surface area contributed by atoms with Gasteiger partial charge in [0.15, 0.2) is 5.11 Å². The molecule has 0 fully saturated rings. The third kappa shape index (κ3) is 5.93. The summed E-state index contributed by atoms with van der Waals surface area (Å²) in [4.78, 5) is 11.7. The number of thiocarbonyl (C=S) groups is 1. The molecule has 0 radical (unpaired) electrons. The lowest BCUT2D eigenvalue weighted by Gasteiger charge is -2.17. The average Bonchev–Trinajstić information content (AvgIpc) is 2.39. The van der Waals surface area contributed by atoms with E-state index >= 15 is 0 Å². The maximum atomic E-state index is 12.4. The highest BCUT2D eigenvalue weighted by Gasteiger charge is 2.24. The van der Waals surface area contributed by atoms with Crippen LogP contribution >= 0.6 is 19.8 Å². The van der Waals surface area contributed by atoms with Gasteiger partial charge in [-0.15, -0.1) is 0 Å². The lowest BCUT2D eigenvalue weighted by atomic mass is 10.1. The zero-order chi connectivity index (χ0) is 15.9. The Labute approximate surface area is 129 Å². The van der Waals surface area contributed by atoms with E-state index in [-0.39, 0.29) is 17.2 Å². The molecule has 21 heavy (non-hydrogen) atoms. The Morgan fingerprint density at radius 1 is 1.24 bits per heavy atom. The molecule has 3 N–H and O–H groups in total. The number of amides is 1. The average molecular weight is 330 g/mol. The topological polar surface area (TPSA) is 90.7 Å². The molecule has 116 valence electrons. The molecule has 1 amide bonds. The second-order valence-corrected chi connectivity index (χ2v) is 6.61. The summed E-state index contributed by atoms with van der Waals surface area (Å²) in [7, 11) is -3.14. The summed E-state index contributed by atoms with van der Waals surface area (Å²) in [5.41, 5.74) is 6.41. The molecule has 0 heterocycles. The molecule has 0 saturated carbocycles. The number of benzene rings is 1. The highest BCUT2D eigenvalue weighted by atomic mass is 32.1. The SMILES string of the molecule is CCOP(=O)(Cc1ccc(C(=O)NC(N)=S)cc1)OCC. The predicted octanol–water partition coefficient (Wildman–Crippen LogP) is 2.43. The highest BCUT2D eigenvalue weighted by molar-refractivity contribution is 7.80. The van der Waals surface area contributed by atoms with Gasteiger partial charge in [-0.2, -0.15) is 0 Å². The van der Waals surface area contributed by atoms with Crippen LogP contribution in [0.4, 0.5) is 0 Å². The van der Waals surface area contributed by atoms with Crippen LogP contribution in [0.1, 0.15) is 29.8 Å². The lowest BCUT2D eigenvalue weighted by Crippen LogP contribution is -2.34. The summed E-state index contributed by atoms with van der Waals surface area (Å²) in [6.45, 7) is 4.14. The van der Waals surface area contributed by atoms with Gasteiger partial charge in [0, 0.05) is 5.56 Å². The predicted molar refractivity (Wildman–Crippen MR) is 85.3 cm³/mol. The van der Waals surface area contributed by atoms with Gasteiger partial charge in [-0.3, -0.25) is 14.7 Å². The van der Waals surface area contributed by atoms with Crippen molar-refractivity contribution in [3.8, 4) is 0 Å². The first-order chi connectivity index (χ1) is 9.90. The minimum absolute atomic E-state index is 0.0822. The molecule has 0 aliphatic carbocycles. The number of carbonyl (C=O) groups excluding carboxylic acids is 1. The van der Waals surface area contributed by atoms with E-state index in [1.807, 2.05) is 0 Å². The van der Waals surface area contributed by atoms with Crippen molar-refractivity contribution in [3.63, 3.8) is 0 Å². The summed E-state index contributed by atoms with van der Waals surface area (Å²) in [6, 6.07) is 6.59. The molecule has 0 aliphatic heterocycles. The van der Waals surface area contributed by atoms with E-state index in [1.165, 1.54) is 0 Å². The van der Waals surface area contributed by atoms with Gasteiger partial charge in [-0.1, -0.05) is 12.1 Å². The molecule has 0 spiro atoms. The summed E-state index contributed by atoms with van der Waals surface area (Å²) in [6.07, 6.45) is 0.159. The van der Waals surface area contributed by atoms with Crippen LogP contribution in [-0.2, 0) is 19.8 Å². The van der Waals surface area contributed by atoms with E-state index in [4.69, 9.17) is 14.8 Å². The van der Waals surface area contributed by atoms with Gasteiger partial charge in [0.1, 0.15) is 0 Å². The summed E-state index contributed by atoms with van der Waals surface area (Å²) in [5, 5.41) is 2.25. The van der Waals surface area contributed by atoms with E-state index in [9.17, 15) is 9.36 Å². The van der Waals surface area contributed by atoms with Crippen LogP contribution in [0.5, 0.6) is 0 Å². The first-order valence-electron chi connectivity index (χ1n) is 6.48. The minimum Gasteiger partial charge on any atom is -0.376 e. The molecule has 1 aromatic carbocycles. The van der Waals surface area contributed by atoms with Crippen LogP contribution in [0.2, 0.25) is 0 Å². The Morgan fingerprint density at radius 3 is 2.19 bits per heavy atom. The second kappa shape index (κ2) is 8.24. The largest absolute Gasteiger partial charge is 0.376 e. The molecular weight excluding hydrogens is 311 g/mol. The van der Waals surface area contributed by atoms with Crippen LogP contribution in [-0.4, -0.2) is 24.2 Å². The maximum Gasteiger partial charge on any atom is 0.335 e. The second-order valence-electron chi connectivity index (χ2n) is 4.12. The van der Waals surface area contributed by atoms with E-state index < -0.39 is 7.60 Å².